The minimum absolute atomic E-state index is 0.0369. The molecule has 2 N–H and O–H groups in total. The molecule has 134 valence electrons. The SMILES string of the molecule is CC(Nc1ccccc1S(=O)(=O)C(F)F)C(=O)NCc1ccccc1. The maximum atomic E-state index is 12.8. The molecule has 5 nitrogen and oxygen atoms in total. The van der Waals surface area contributed by atoms with E-state index in [9.17, 15) is 22.0 Å². The first-order valence-electron chi connectivity index (χ1n) is 7.51. The van der Waals surface area contributed by atoms with Crippen LogP contribution in [0.1, 0.15) is 12.5 Å². The van der Waals surface area contributed by atoms with Crippen LogP contribution in [0.2, 0.25) is 0 Å². The number of benzene rings is 2. The zero-order chi connectivity index (χ0) is 18.4. The summed E-state index contributed by atoms with van der Waals surface area (Å²) in [6.45, 7) is 1.83. The van der Waals surface area contributed by atoms with Crippen molar-refractivity contribution in [1.29, 1.82) is 0 Å². The molecule has 2 aromatic carbocycles. The van der Waals surface area contributed by atoms with Crippen LogP contribution in [-0.4, -0.2) is 26.1 Å². The van der Waals surface area contributed by atoms with Crippen LogP contribution in [0, 0.1) is 0 Å². The normalized spacial score (nSPS) is 12.6. The zero-order valence-electron chi connectivity index (χ0n) is 13.4. The molecule has 0 aromatic heterocycles. The van der Waals surface area contributed by atoms with E-state index in [0.29, 0.717) is 6.54 Å². The van der Waals surface area contributed by atoms with Gasteiger partial charge in [0, 0.05) is 6.54 Å². The molecule has 1 amide bonds. The van der Waals surface area contributed by atoms with Crippen LogP contribution in [0.3, 0.4) is 0 Å². The first-order chi connectivity index (χ1) is 11.8. The monoisotopic (exact) mass is 368 g/mol. The molecule has 0 aliphatic rings. The van der Waals surface area contributed by atoms with Gasteiger partial charge in [0.15, 0.2) is 0 Å². The van der Waals surface area contributed by atoms with Crippen LogP contribution in [0.25, 0.3) is 0 Å². The quantitative estimate of drug-likeness (QED) is 0.788. The summed E-state index contributed by atoms with van der Waals surface area (Å²) in [5.74, 6) is -3.91. The molecule has 1 unspecified atom stereocenters. The van der Waals surface area contributed by atoms with Crippen LogP contribution in [-0.2, 0) is 21.2 Å². The maximum Gasteiger partial charge on any atom is 0.341 e. The Kier molecular flexibility index (Phi) is 6.08. The number of hydrogen-bond acceptors (Lipinski definition) is 4. The van der Waals surface area contributed by atoms with Gasteiger partial charge in [0.2, 0.25) is 15.7 Å². The molecule has 2 aromatic rings. The third kappa shape index (κ3) is 4.76. The van der Waals surface area contributed by atoms with Crippen LogP contribution < -0.4 is 10.6 Å². The lowest BCUT2D eigenvalue weighted by Gasteiger charge is -2.18. The summed E-state index contributed by atoms with van der Waals surface area (Å²) in [6, 6.07) is 13.7. The van der Waals surface area contributed by atoms with Gasteiger partial charge in [0.25, 0.3) is 0 Å². The second-order valence-corrected chi connectivity index (χ2v) is 7.26. The van der Waals surface area contributed by atoms with Crippen LogP contribution in [0.4, 0.5) is 14.5 Å². The van der Waals surface area contributed by atoms with Crippen molar-refractivity contribution in [3.05, 3.63) is 60.2 Å². The minimum atomic E-state index is -4.76. The Bertz CT molecular complexity index is 827. The topological polar surface area (TPSA) is 75.3 Å². The third-order valence-electron chi connectivity index (χ3n) is 3.50. The summed E-state index contributed by atoms with van der Waals surface area (Å²) in [4.78, 5) is 11.6. The van der Waals surface area contributed by atoms with Gasteiger partial charge in [-0.15, -0.1) is 0 Å². The Morgan fingerprint density at radius 1 is 1.04 bits per heavy atom. The lowest BCUT2D eigenvalue weighted by Crippen LogP contribution is -2.37. The van der Waals surface area contributed by atoms with E-state index in [4.69, 9.17) is 0 Å². The number of sulfone groups is 1. The Labute approximate surface area is 145 Å². The van der Waals surface area contributed by atoms with Crippen molar-refractivity contribution in [1.82, 2.24) is 5.32 Å². The molecule has 0 fully saturated rings. The summed E-state index contributed by atoms with van der Waals surface area (Å²) in [6.07, 6.45) is 0. The van der Waals surface area contributed by atoms with Gasteiger partial charge < -0.3 is 10.6 Å². The molecule has 0 saturated heterocycles. The lowest BCUT2D eigenvalue weighted by molar-refractivity contribution is -0.121. The van der Waals surface area contributed by atoms with Gasteiger partial charge in [-0.3, -0.25) is 4.79 Å². The van der Waals surface area contributed by atoms with Crippen LogP contribution >= 0.6 is 0 Å². The van der Waals surface area contributed by atoms with Crippen LogP contribution in [0.15, 0.2) is 59.5 Å². The highest BCUT2D eigenvalue weighted by molar-refractivity contribution is 7.91. The van der Waals surface area contributed by atoms with E-state index in [1.807, 2.05) is 30.3 Å². The van der Waals surface area contributed by atoms with Gasteiger partial charge in [0.1, 0.15) is 6.04 Å². The number of anilines is 1. The van der Waals surface area contributed by atoms with E-state index in [-0.39, 0.29) is 11.6 Å². The van der Waals surface area contributed by atoms with E-state index in [1.54, 1.807) is 0 Å². The lowest BCUT2D eigenvalue weighted by atomic mass is 10.2. The number of amides is 1. The fraction of sp³-hybridized carbons (Fsp3) is 0.235. The summed E-state index contributed by atoms with van der Waals surface area (Å²) in [5.41, 5.74) is 0.869. The molecule has 0 radical (unpaired) electrons. The number of carbonyl (C=O) groups excluding carboxylic acids is 1. The van der Waals surface area contributed by atoms with Gasteiger partial charge in [-0.2, -0.15) is 8.78 Å². The average Bonchev–Trinajstić information content (AvgIpc) is 2.60. The van der Waals surface area contributed by atoms with Gasteiger partial charge in [0.05, 0.1) is 10.6 Å². The summed E-state index contributed by atoms with van der Waals surface area (Å²) in [5, 5.41) is 5.38. The summed E-state index contributed by atoms with van der Waals surface area (Å²) < 4.78 is 49.0. The zero-order valence-corrected chi connectivity index (χ0v) is 14.3. The number of alkyl halides is 2. The van der Waals surface area contributed by atoms with Crippen molar-refractivity contribution < 1.29 is 22.0 Å². The summed E-state index contributed by atoms with van der Waals surface area (Å²) in [7, 11) is -4.76. The Morgan fingerprint density at radius 3 is 2.28 bits per heavy atom. The molecule has 0 saturated carbocycles. The van der Waals surface area contributed by atoms with Gasteiger partial charge in [-0.25, -0.2) is 8.42 Å². The Morgan fingerprint density at radius 2 is 1.64 bits per heavy atom. The molecule has 0 heterocycles. The highest BCUT2D eigenvalue weighted by Crippen LogP contribution is 2.26. The largest absolute Gasteiger partial charge is 0.373 e. The standard InChI is InChI=1S/C17H18F2N2O3S/c1-12(16(22)20-11-13-7-3-2-4-8-13)21-14-9-5-6-10-15(14)25(23,24)17(18)19/h2-10,12,17,21H,11H2,1H3,(H,20,22). The molecule has 1 atom stereocenters. The van der Waals surface area contributed by atoms with Gasteiger partial charge in [-0.1, -0.05) is 42.5 Å². The van der Waals surface area contributed by atoms with Crippen molar-refractivity contribution in [2.24, 2.45) is 0 Å². The number of halogens is 2. The summed E-state index contributed by atoms with van der Waals surface area (Å²) >= 11 is 0. The van der Waals surface area contributed by atoms with E-state index in [1.165, 1.54) is 25.1 Å². The number of para-hydroxylation sites is 1. The highest BCUT2D eigenvalue weighted by Gasteiger charge is 2.29. The highest BCUT2D eigenvalue weighted by atomic mass is 32.2. The molecule has 0 aliphatic heterocycles. The van der Waals surface area contributed by atoms with E-state index < -0.39 is 26.5 Å². The van der Waals surface area contributed by atoms with E-state index in [0.717, 1.165) is 11.6 Å². The number of carbonyl (C=O) groups is 1. The van der Waals surface area contributed by atoms with Gasteiger partial charge in [-0.05, 0) is 24.6 Å². The van der Waals surface area contributed by atoms with Gasteiger partial charge >= 0.3 is 5.76 Å². The fourth-order valence-corrected chi connectivity index (χ4v) is 3.06. The van der Waals surface area contributed by atoms with Crippen molar-refractivity contribution >= 4 is 21.4 Å². The first-order valence-corrected chi connectivity index (χ1v) is 9.06. The van der Waals surface area contributed by atoms with Crippen molar-refractivity contribution in [2.75, 3.05) is 5.32 Å². The van der Waals surface area contributed by atoms with Crippen LogP contribution in [0.5, 0.6) is 0 Å². The molecular weight excluding hydrogens is 350 g/mol. The Balaban J connectivity index is 2.08. The number of rotatable bonds is 7. The molecule has 25 heavy (non-hydrogen) atoms. The molecule has 0 aliphatic carbocycles. The predicted molar refractivity (Wildman–Crippen MR) is 91.0 cm³/mol. The third-order valence-corrected chi connectivity index (χ3v) is 4.94. The minimum Gasteiger partial charge on any atom is -0.373 e. The Hall–Kier alpha value is -2.48. The fourth-order valence-electron chi connectivity index (χ4n) is 2.17. The van der Waals surface area contributed by atoms with Crippen molar-refractivity contribution in [3.63, 3.8) is 0 Å². The first kappa shape index (κ1) is 18.9. The van der Waals surface area contributed by atoms with Crippen molar-refractivity contribution in [2.45, 2.75) is 30.2 Å². The maximum absolute atomic E-state index is 12.8. The predicted octanol–water partition coefficient (Wildman–Crippen LogP) is 2.80. The second kappa shape index (κ2) is 8.06. The van der Waals surface area contributed by atoms with E-state index in [2.05, 4.69) is 10.6 Å². The average molecular weight is 368 g/mol. The number of hydrogen-bond donors (Lipinski definition) is 2. The molecule has 0 spiro atoms. The molecular formula is C17H18F2N2O3S. The van der Waals surface area contributed by atoms with Crippen molar-refractivity contribution in [3.8, 4) is 0 Å². The molecule has 8 heteroatoms. The smallest absolute Gasteiger partial charge is 0.341 e. The molecule has 2 rings (SSSR count). The molecule has 0 bridgehead atoms. The second-order valence-electron chi connectivity index (χ2n) is 5.37. The van der Waals surface area contributed by atoms with E-state index >= 15 is 0 Å². The number of nitrogens with one attached hydrogen (secondary N) is 2.